The largest absolute Gasteiger partial charge is 0.374 e. The molecule has 1 unspecified atom stereocenters. The van der Waals surface area contributed by atoms with Crippen LogP contribution in [0.15, 0.2) is 30.3 Å². The van der Waals surface area contributed by atoms with Gasteiger partial charge in [0.2, 0.25) is 5.91 Å². The van der Waals surface area contributed by atoms with Gasteiger partial charge >= 0.3 is 0 Å². The summed E-state index contributed by atoms with van der Waals surface area (Å²) in [6.45, 7) is 2.64. The highest BCUT2D eigenvalue weighted by atomic mass is 35.5. The van der Waals surface area contributed by atoms with Crippen LogP contribution >= 0.6 is 12.4 Å². The molecule has 0 aromatic heterocycles. The Morgan fingerprint density at radius 1 is 1.35 bits per heavy atom. The van der Waals surface area contributed by atoms with Gasteiger partial charge in [0.1, 0.15) is 0 Å². The highest BCUT2D eigenvalue weighted by Crippen LogP contribution is 2.08. The van der Waals surface area contributed by atoms with Crippen molar-refractivity contribution < 1.29 is 9.53 Å². The van der Waals surface area contributed by atoms with Gasteiger partial charge in [0, 0.05) is 6.42 Å². The second-order valence-corrected chi connectivity index (χ2v) is 3.97. The zero-order valence-electron chi connectivity index (χ0n) is 10.1. The zero-order valence-corrected chi connectivity index (χ0v) is 10.9. The highest BCUT2D eigenvalue weighted by molar-refractivity contribution is 5.85. The van der Waals surface area contributed by atoms with E-state index in [9.17, 15) is 4.79 Å². The van der Waals surface area contributed by atoms with Gasteiger partial charge in [-0.3, -0.25) is 4.79 Å². The van der Waals surface area contributed by atoms with Crippen molar-refractivity contribution in [3.05, 3.63) is 35.9 Å². The van der Waals surface area contributed by atoms with E-state index in [1.165, 1.54) is 5.56 Å². The Kier molecular flexibility index (Phi) is 8.46. The predicted molar refractivity (Wildman–Crippen MR) is 71.0 cm³/mol. The molecule has 2 N–H and O–H groups in total. The lowest BCUT2D eigenvalue weighted by atomic mass is 10.1. The molecule has 1 rings (SSSR count). The third-order valence-corrected chi connectivity index (χ3v) is 2.41. The van der Waals surface area contributed by atoms with Crippen molar-refractivity contribution in [3.8, 4) is 0 Å². The van der Waals surface area contributed by atoms with Crippen LogP contribution in [0.4, 0.5) is 0 Å². The van der Waals surface area contributed by atoms with Crippen molar-refractivity contribution in [1.82, 2.24) is 0 Å². The average molecular weight is 258 g/mol. The fourth-order valence-corrected chi connectivity index (χ4v) is 1.46. The SMILES string of the molecule is CC(CCCC(N)=O)OCc1ccccc1.Cl. The molecule has 0 aliphatic rings. The van der Waals surface area contributed by atoms with Crippen molar-refractivity contribution in [1.29, 1.82) is 0 Å². The van der Waals surface area contributed by atoms with Gasteiger partial charge in [-0.1, -0.05) is 30.3 Å². The molecule has 0 aliphatic carbocycles. The van der Waals surface area contributed by atoms with Gasteiger partial charge in [0.25, 0.3) is 0 Å². The number of primary amides is 1. The summed E-state index contributed by atoms with van der Waals surface area (Å²) in [5.41, 5.74) is 6.23. The van der Waals surface area contributed by atoms with Crippen LogP contribution in [0, 0.1) is 0 Å². The summed E-state index contributed by atoms with van der Waals surface area (Å²) in [4.78, 5) is 10.5. The number of nitrogens with two attached hydrogens (primary N) is 1. The summed E-state index contributed by atoms with van der Waals surface area (Å²) in [5.74, 6) is -0.241. The lowest BCUT2D eigenvalue weighted by Crippen LogP contribution is -2.13. The van der Waals surface area contributed by atoms with Gasteiger partial charge in [-0.05, 0) is 25.3 Å². The molecule has 3 nitrogen and oxygen atoms in total. The third-order valence-electron chi connectivity index (χ3n) is 2.41. The Balaban J connectivity index is 0.00000256. The lowest BCUT2D eigenvalue weighted by Gasteiger charge is -2.12. The molecule has 0 saturated heterocycles. The van der Waals surface area contributed by atoms with Crippen LogP contribution in [-0.4, -0.2) is 12.0 Å². The molecule has 1 aromatic carbocycles. The number of hydrogen-bond acceptors (Lipinski definition) is 2. The van der Waals surface area contributed by atoms with Gasteiger partial charge in [0.05, 0.1) is 12.7 Å². The minimum atomic E-state index is -0.241. The number of rotatable bonds is 7. The normalized spacial score (nSPS) is 11.6. The first kappa shape index (κ1) is 15.9. The number of amides is 1. The van der Waals surface area contributed by atoms with Crippen LogP contribution < -0.4 is 5.73 Å². The number of halogens is 1. The van der Waals surface area contributed by atoms with Crippen molar-refractivity contribution in [2.75, 3.05) is 0 Å². The van der Waals surface area contributed by atoms with Crippen molar-refractivity contribution in [3.63, 3.8) is 0 Å². The summed E-state index contributed by atoms with van der Waals surface area (Å²) in [7, 11) is 0. The monoisotopic (exact) mass is 257 g/mol. The number of carbonyl (C=O) groups excluding carboxylic acids is 1. The fourth-order valence-electron chi connectivity index (χ4n) is 1.46. The van der Waals surface area contributed by atoms with E-state index in [2.05, 4.69) is 0 Å². The smallest absolute Gasteiger partial charge is 0.217 e. The molecule has 0 saturated carbocycles. The van der Waals surface area contributed by atoms with E-state index >= 15 is 0 Å². The molecule has 0 heterocycles. The van der Waals surface area contributed by atoms with E-state index in [0.717, 1.165) is 12.8 Å². The molecule has 1 aromatic rings. The molecule has 4 heteroatoms. The van der Waals surface area contributed by atoms with Crippen LogP contribution in [0.3, 0.4) is 0 Å². The minimum absolute atomic E-state index is 0. The summed E-state index contributed by atoms with van der Waals surface area (Å²) < 4.78 is 5.66. The van der Waals surface area contributed by atoms with Crippen molar-refractivity contribution in [2.45, 2.75) is 38.9 Å². The van der Waals surface area contributed by atoms with E-state index in [1.807, 2.05) is 37.3 Å². The second kappa shape index (κ2) is 9.02. The molecule has 0 radical (unpaired) electrons. The molecular formula is C13H20ClNO2. The molecular weight excluding hydrogens is 238 g/mol. The van der Waals surface area contributed by atoms with Gasteiger partial charge in [-0.15, -0.1) is 12.4 Å². The Hall–Kier alpha value is -1.06. The van der Waals surface area contributed by atoms with E-state index in [4.69, 9.17) is 10.5 Å². The van der Waals surface area contributed by atoms with Crippen molar-refractivity contribution >= 4 is 18.3 Å². The Morgan fingerprint density at radius 2 is 2.00 bits per heavy atom. The van der Waals surface area contributed by atoms with Gasteiger partial charge in [-0.2, -0.15) is 0 Å². The maximum absolute atomic E-state index is 10.5. The number of benzene rings is 1. The third kappa shape index (κ3) is 7.77. The summed E-state index contributed by atoms with van der Waals surface area (Å²) >= 11 is 0. The molecule has 0 fully saturated rings. The van der Waals surface area contributed by atoms with Crippen molar-refractivity contribution in [2.24, 2.45) is 5.73 Å². The number of carbonyl (C=O) groups is 1. The van der Waals surface area contributed by atoms with Crippen LogP contribution in [-0.2, 0) is 16.1 Å². The maximum Gasteiger partial charge on any atom is 0.217 e. The number of ether oxygens (including phenoxy) is 1. The van der Waals surface area contributed by atoms with Crippen LogP contribution in [0.5, 0.6) is 0 Å². The summed E-state index contributed by atoms with van der Waals surface area (Å²) in [5, 5.41) is 0. The fraction of sp³-hybridized carbons (Fsp3) is 0.462. The summed E-state index contributed by atoms with van der Waals surface area (Å²) in [6.07, 6.45) is 2.28. The first-order valence-corrected chi connectivity index (χ1v) is 5.62. The first-order chi connectivity index (χ1) is 7.68. The zero-order chi connectivity index (χ0) is 11.8. The molecule has 0 bridgehead atoms. The van der Waals surface area contributed by atoms with Gasteiger partial charge in [0.15, 0.2) is 0 Å². The topological polar surface area (TPSA) is 52.3 Å². The van der Waals surface area contributed by atoms with Crippen LogP contribution in [0.25, 0.3) is 0 Å². The molecule has 96 valence electrons. The Labute approximate surface area is 109 Å². The minimum Gasteiger partial charge on any atom is -0.374 e. The molecule has 0 spiro atoms. The molecule has 0 aliphatic heterocycles. The van der Waals surface area contributed by atoms with Crippen LogP contribution in [0.1, 0.15) is 31.7 Å². The predicted octanol–water partition coefficient (Wildman–Crippen LogP) is 2.67. The maximum atomic E-state index is 10.5. The standard InChI is InChI=1S/C13H19NO2.ClH/c1-11(6-5-9-13(14)15)16-10-12-7-3-2-4-8-12;/h2-4,7-8,11H,5-6,9-10H2,1H3,(H2,14,15);1H. The number of hydrogen-bond donors (Lipinski definition) is 1. The molecule has 1 amide bonds. The van der Waals surface area contributed by atoms with Gasteiger partial charge < -0.3 is 10.5 Å². The first-order valence-electron chi connectivity index (χ1n) is 5.62. The quantitative estimate of drug-likeness (QED) is 0.817. The van der Waals surface area contributed by atoms with E-state index in [0.29, 0.717) is 13.0 Å². The summed E-state index contributed by atoms with van der Waals surface area (Å²) in [6, 6.07) is 10.1. The van der Waals surface area contributed by atoms with E-state index < -0.39 is 0 Å². The Bertz CT molecular complexity index is 316. The molecule has 1 atom stereocenters. The van der Waals surface area contributed by atoms with Crippen LogP contribution in [0.2, 0.25) is 0 Å². The van der Waals surface area contributed by atoms with E-state index in [1.54, 1.807) is 0 Å². The highest BCUT2D eigenvalue weighted by Gasteiger charge is 2.03. The second-order valence-electron chi connectivity index (χ2n) is 3.97. The Morgan fingerprint density at radius 3 is 2.59 bits per heavy atom. The van der Waals surface area contributed by atoms with Gasteiger partial charge in [-0.25, -0.2) is 0 Å². The van der Waals surface area contributed by atoms with E-state index in [-0.39, 0.29) is 24.4 Å². The average Bonchev–Trinajstić information content (AvgIpc) is 2.27. The lowest BCUT2D eigenvalue weighted by molar-refractivity contribution is -0.118. The molecule has 17 heavy (non-hydrogen) atoms.